The van der Waals surface area contributed by atoms with Crippen LogP contribution < -0.4 is 15.4 Å². The van der Waals surface area contributed by atoms with E-state index in [4.69, 9.17) is 0 Å². The van der Waals surface area contributed by atoms with Gasteiger partial charge in [-0.15, -0.1) is 0 Å². The highest BCUT2D eigenvalue weighted by molar-refractivity contribution is 5.88. The highest BCUT2D eigenvalue weighted by Gasteiger charge is 2.09. The van der Waals surface area contributed by atoms with Crippen molar-refractivity contribution in [2.24, 2.45) is 0 Å². The van der Waals surface area contributed by atoms with E-state index in [9.17, 15) is 4.79 Å². The van der Waals surface area contributed by atoms with Gasteiger partial charge >= 0.3 is 0 Å². The summed E-state index contributed by atoms with van der Waals surface area (Å²) in [5.74, 6) is 0. The van der Waals surface area contributed by atoms with E-state index in [-0.39, 0.29) is 5.56 Å². The van der Waals surface area contributed by atoms with Gasteiger partial charge in [0.1, 0.15) is 0 Å². The Bertz CT molecular complexity index is 955. The van der Waals surface area contributed by atoms with Gasteiger partial charge < -0.3 is 14.8 Å². The molecule has 2 aromatic carbocycles. The summed E-state index contributed by atoms with van der Waals surface area (Å²) in [6.45, 7) is 2.06. The molecule has 1 heterocycles. The first-order chi connectivity index (χ1) is 11.4. The molecule has 0 radical (unpaired) electrons. The summed E-state index contributed by atoms with van der Waals surface area (Å²) < 4.78 is 0. The second kappa shape index (κ2) is 6.04. The first-order valence-corrected chi connectivity index (χ1v) is 7.99. The van der Waals surface area contributed by atoms with Gasteiger partial charge in [0.05, 0.1) is 0 Å². The van der Waals surface area contributed by atoms with Gasteiger partial charge in [-0.1, -0.05) is 12.1 Å². The Kier molecular flexibility index (Phi) is 4.06. The number of fused-ring (bicyclic) bond motifs is 1. The number of aromatic amines is 1. The van der Waals surface area contributed by atoms with Crippen molar-refractivity contribution in [3.05, 3.63) is 58.4 Å². The van der Waals surface area contributed by atoms with Crippen molar-refractivity contribution in [1.82, 2.24) is 4.98 Å². The van der Waals surface area contributed by atoms with E-state index < -0.39 is 0 Å². The Morgan fingerprint density at radius 3 is 2.12 bits per heavy atom. The minimum absolute atomic E-state index is 0.0548. The summed E-state index contributed by atoms with van der Waals surface area (Å²) >= 11 is 0. The summed E-state index contributed by atoms with van der Waals surface area (Å²) in [7, 11) is 7.97. The van der Waals surface area contributed by atoms with Gasteiger partial charge in [0.25, 0.3) is 5.56 Å². The topological polar surface area (TPSA) is 39.3 Å². The van der Waals surface area contributed by atoms with Crippen LogP contribution >= 0.6 is 0 Å². The zero-order chi connectivity index (χ0) is 17.4. The molecule has 3 aromatic rings. The average molecular weight is 321 g/mol. The van der Waals surface area contributed by atoms with Crippen molar-refractivity contribution in [3.63, 3.8) is 0 Å². The van der Waals surface area contributed by atoms with Gasteiger partial charge in [-0.25, -0.2) is 0 Å². The normalized spacial score (nSPS) is 10.9. The first kappa shape index (κ1) is 16.1. The molecule has 3 rings (SSSR count). The predicted molar refractivity (Wildman–Crippen MR) is 103 cm³/mol. The maximum atomic E-state index is 12.6. The quantitative estimate of drug-likeness (QED) is 0.800. The number of hydrogen-bond acceptors (Lipinski definition) is 3. The number of anilines is 2. The number of aromatic nitrogens is 1. The summed E-state index contributed by atoms with van der Waals surface area (Å²) in [6.07, 6.45) is 0. The maximum absolute atomic E-state index is 12.6. The summed E-state index contributed by atoms with van der Waals surface area (Å²) in [4.78, 5) is 19.7. The SMILES string of the molecule is Cc1ccc(N(C)C)cc1-c1cc2ccc(N(C)C)cc2c(=O)[nH]1. The smallest absolute Gasteiger partial charge is 0.256 e. The highest BCUT2D eigenvalue weighted by atomic mass is 16.1. The zero-order valence-corrected chi connectivity index (χ0v) is 14.8. The lowest BCUT2D eigenvalue weighted by molar-refractivity contribution is 1.13. The van der Waals surface area contributed by atoms with Crippen molar-refractivity contribution in [3.8, 4) is 11.3 Å². The van der Waals surface area contributed by atoms with E-state index in [1.807, 2.05) is 51.3 Å². The van der Waals surface area contributed by atoms with E-state index in [0.29, 0.717) is 5.39 Å². The molecule has 4 heteroatoms. The van der Waals surface area contributed by atoms with Gasteiger partial charge in [0.2, 0.25) is 0 Å². The van der Waals surface area contributed by atoms with Gasteiger partial charge in [-0.2, -0.15) is 0 Å². The van der Waals surface area contributed by atoms with Crippen molar-refractivity contribution in [2.45, 2.75) is 6.92 Å². The molecular weight excluding hydrogens is 298 g/mol. The van der Waals surface area contributed by atoms with Crippen LogP contribution in [0.3, 0.4) is 0 Å². The Morgan fingerprint density at radius 1 is 0.833 bits per heavy atom. The molecule has 0 saturated heterocycles. The van der Waals surface area contributed by atoms with Crippen molar-refractivity contribution in [2.75, 3.05) is 38.0 Å². The average Bonchev–Trinajstić information content (AvgIpc) is 2.54. The number of aryl methyl sites for hydroxylation is 1. The molecule has 0 aliphatic rings. The lowest BCUT2D eigenvalue weighted by Crippen LogP contribution is -2.12. The predicted octanol–water partition coefficient (Wildman–Crippen LogP) is 3.64. The van der Waals surface area contributed by atoms with E-state index in [1.54, 1.807) is 0 Å². The number of H-pyrrole nitrogens is 1. The van der Waals surface area contributed by atoms with Crippen LogP contribution in [0, 0.1) is 6.92 Å². The van der Waals surface area contributed by atoms with E-state index in [2.05, 4.69) is 41.1 Å². The third kappa shape index (κ3) is 2.87. The molecule has 1 aromatic heterocycles. The molecule has 0 saturated carbocycles. The standard InChI is InChI=1S/C20H23N3O/c1-13-6-8-15(22(2)3)11-17(13)19-10-14-7-9-16(23(4)5)12-18(14)20(24)21-19/h6-12H,1-5H3,(H,21,24). The monoisotopic (exact) mass is 321 g/mol. The van der Waals surface area contributed by atoms with E-state index in [0.717, 1.165) is 33.6 Å². The van der Waals surface area contributed by atoms with Crippen LogP contribution in [0.5, 0.6) is 0 Å². The van der Waals surface area contributed by atoms with E-state index in [1.165, 1.54) is 0 Å². The van der Waals surface area contributed by atoms with Crippen molar-refractivity contribution in [1.29, 1.82) is 0 Å². The third-order valence-corrected chi connectivity index (χ3v) is 4.37. The van der Waals surface area contributed by atoms with Crippen LogP contribution in [-0.2, 0) is 0 Å². The van der Waals surface area contributed by atoms with Crippen LogP contribution in [0.25, 0.3) is 22.0 Å². The molecule has 0 aliphatic heterocycles. The molecule has 0 unspecified atom stereocenters. The third-order valence-electron chi connectivity index (χ3n) is 4.37. The number of rotatable bonds is 3. The van der Waals surface area contributed by atoms with Gasteiger partial charge in [-0.05, 0) is 48.2 Å². The Hall–Kier alpha value is -2.75. The van der Waals surface area contributed by atoms with Crippen LogP contribution in [0.1, 0.15) is 5.56 Å². The lowest BCUT2D eigenvalue weighted by Gasteiger charge is -2.16. The Labute approximate surface area is 142 Å². The second-order valence-corrected chi connectivity index (χ2v) is 6.57. The van der Waals surface area contributed by atoms with Crippen LogP contribution in [0.4, 0.5) is 11.4 Å². The Balaban J connectivity index is 2.20. The summed E-state index contributed by atoms with van der Waals surface area (Å²) in [5, 5.41) is 1.67. The lowest BCUT2D eigenvalue weighted by atomic mass is 10.0. The Morgan fingerprint density at radius 2 is 1.46 bits per heavy atom. The fourth-order valence-corrected chi connectivity index (χ4v) is 2.85. The minimum atomic E-state index is -0.0548. The molecule has 0 amide bonds. The summed E-state index contributed by atoms with van der Waals surface area (Å²) in [5.41, 5.74) is 5.12. The van der Waals surface area contributed by atoms with E-state index >= 15 is 0 Å². The van der Waals surface area contributed by atoms with Crippen LogP contribution in [0.2, 0.25) is 0 Å². The number of nitrogens with zero attached hydrogens (tertiary/aromatic N) is 2. The molecule has 0 bridgehead atoms. The zero-order valence-electron chi connectivity index (χ0n) is 14.8. The van der Waals surface area contributed by atoms with Gasteiger partial charge in [-0.3, -0.25) is 4.79 Å². The molecule has 24 heavy (non-hydrogen) atoms. The fraction of sp³-hybridized carbons (Fsp3) is 0.250. The fourth-order valence-electron chi connectivity index (χ4n) is 2.85. The van der Waals surface area contributed by atoms with Crippen molar-refractivity contribution < 1.29 is 0 Å². The number of hydrogen-bond donors (Lipinski definition) is 1. The maximum Gasteiger partial charge on any atom is 0.256 e. The molecule has 0 spiro atoms. The second-order valence-electron chi connectivity index (χ2n) is 6.57. The minimum Gasteiger partial charge on any atom is -0.378 e. The molecule has 1 N–H and O–H groups in total. The number of pyridine rings is 1. The largest absolute Gasteiger partial charge is 0.378 e. The number of benzene rings is 2. The van der Waals surface area contributed by atoms with Crippen molar-refractivity contribution >= 4 is 22.1 Å². The first-order valence-electron chi connectivity index (χ1n) is 7.99. The molecule has 4 nitrogen and oxygen atoms in total. The molecule has 124 valence electrons. The van der Waals surface area contributed by atoms with Crippen LogP contribution in [-0.4, -0.2) is 33.2 Å². The number of nitrogens with one attached hydrogen (secondary N) is 1. The summed E-state index contributed by atoms with van der Waals surface area (Å²) in [6, 6.07) is 14.3. The van der Waals surface area contributed by atoms with Gasteiger partial charge in [0.15, 0.2) is 0 Å². The molecular formula is C20H23N3O. The van der Waals surface area contributed by atoms with Crippen LogP contribution in [0.15, 0.2) is 47.3 Å². The van der Waals surface area contributed by atoms with Gasteiger partial charge in [0, 0.05) is 56.2 Å². The highest BCUT2D eigenvalue weighted by Crippen LogP contribution is 2.28. The molecule has 0 fully saturated rings. The molecule has 0 aliphatic carbocycles. The molecule has 0 atom stereocenters.